The summed E-state index contributed by atoms with van der Waals surface area (Å²) in [5.74, 6) is 0.234. The molecule has 0 atom stereocenters. The molecule has 0 aromatic carbocycles. The van der Waals surface area contributed by atoms with E-state index in [1.807, 2.05) is 12.3 Å². The summed E-state index contributed by atoms with van der Waals surface area (Å²) < 4.78 is 0. The third-order valence-electron chi connectivity index (χ3n) is 1.24. The molecule has 0 bridgehead atoms. The van der Waals surface area contributed by atoms with E-state index in [1.165, 1.54) is 4.88 Å². The molecular weight excluding hydrogens is 144 g/mol. The minimum atomic E-state index is 0.234. The highest BCUT2D eigenvalue weighted by Crippen LogP contribution is 2.13. The summed E-state index contributed by atoms with van der Waals surface area (Å²) in [6.45, 7) is 3.67. The average Bonchev–Trinajstić information content (AvgIpc) is 2.13. The smallest absolute Gasteiger partial charge is 0.134 e. The number of carbonyl (C=O) groups is 1. The summed E-state index contributed by atoms with van der Waals surface area (Å²) in [6.07, 6.45) is 0.588. The summed E-state index contributed by atoms with van der Waals surface area (Å²) in [6, 6.07) is 2.06. The first-order chi connectivity index (χ1) is 4.68. The minimum Gasteiger partial charge on any atom is -0.300 e. The highest BCUT2D eigenvalue weighted by atomic mass is 32.1. The second kappa shape index (κ2) is 2.97. The fourth-order valence-electron chi connectivity index (χ4n) is 0.878. The average molecular weight is 154 g/mol. The summed E-state index contributed by atoms with van der Waals surface area (Å²) in [5, 5.41) is 2.04. The van der Waals surface area contributed by atoms with Crippen LogP contribution in [-0.4, -0.2) is 5.78 Å². The van der Waals surface area contributed by atoms with Crippen LogP contribution in [0.5, 0.6) is 0 Å². The van der Waals surface area contributed by atoms with Crippen LogP contribution in [0.3, 0.4) is 0 Å². The van der Waals surface area contributed by atoms with Crippen molar-refractivity contribution in [1.82, 2.24) is 0 Å². The van der Waals surface area contributed by atoms with E-state index in [-0.39, 0.29) is 5.78 Å². The van der Waals surface area contributed by atoms with E-state index < -0.39 is 0 Å². The molecule has 0 amide bonds. The van der Waals surface area contributed by atoms with Gasteiger partial charge in [0.1, 0.15) is 5.78 Å². The van der Waals surface area contributed by atoms with Crippen LogP contribution in [0.1, 0.15) is 17.4 Å². The van der Waals surface area contributed by atoms with Gasteiger partial charge in [0, 0.05) is 11.3 Å². The molecule has 0 aliphatic heterocycles. The van der Waals surface area contributed by atoms with Crippen molar-refractivity contribution in [1.29, 1.82) is 0 Å². The Kier molecular flexibility index (Phi) is 2.22. The lowest BCUT2D eigenvalue weighted by molar-refractivity contribution is -0.116. The molecule has 0 aliphatic carbocycles. The number of thiophene rings is 1. The van der Waals surface area contributed by atoms with Gasteiger partial charge in [0.05, 0.1) is 0 Å². The van der Waals surface area contributed by atoms with Crippen molar-refractivity contribution >= 4 is 17.1 Å². The highest BCUT2D eigenvalue weighted by Gasteiger charge is 1.98. The van der Waals surface area contributed by atoms with Crippen LogP contribution in [-0.2, 0) is 11.2 Å². The Balaban J connectivity index is 2.67. The van der Waals surface area contributed by atoms with E-state index >= 15 is 0 Å². The lowest BCUT2D eigenvalue weighted by Gasteiger charge is -1.87. The number of Topliss-reactive ketones (excluding diaryl/α,β-unsaturated/α-hetero) is 1. The fraction of sp³-hybridized carbons (Fsp3) is 0.375. The Hall–Kier alpha value is -0.630. The summed E-state index contributed by atoms with van der Waals surface area (Å²) in [7, 11) is 0. The van der Waals surface area contributed by atoms with Crippen molar-refractivity contribution in [2.45, 2.75) is 20.3 Å². The first-order valence-electron chi connectivity index (χ1n) is 3.22. The van der Waals surface area contributed by atoms with E-state index in [0.29, 0.717) is 6.42 Å². The van der Waals surface area contributed by atoms with E-state index in [4.69, 9.17) is 0 Å². The molecule has 0 radical (unpaired) electrons. The van der Waals surface area contributed by atoms with Gasteiger partial charge in [-0.25, -0.2) is 0 Å². The summed E-state index contributed by atoms with van der Waals surface area (Å²) >= 11 is 1.69. The number of carbonyl (C=O) groups excluding carboxylic acids is 1. The van der Waals surface area contributed by atoms with Gasteiger partial charge < -0.3 is 0 Å². The molecule has 2 heteroatoms. The summed E-state index contributed by atoms with van der Waals surface area (Å²) in [5.41, 5.74) is 1.15. The van der Waals surface area contributed by atoms with Crippen LogP contribution >= 0.6 is 11.3 Å². The third kappa shape index (κ3) is 1.95. The molecule has 0 spiro atoms. The van der Waals surface area contributed by atoms with E-state index in [0.717, 1.165) is 5.56 Å². The molecule has 1 aromatic rings. The van der Waals surface area contributed by atoms with Crippen molar-refractivity contribution in [3.63, 3.8) is 0 Å². The molecule has 0 aliphatic rings. The molecule has 0 saturated heterocycles. The standard InChI is InChI=1S/C8H10OS/c1-6(9)3-8-4-7(2)10-5-8/h4-5H,3H2,1-2H3. The number of hydrogen-bond donors (Lipinski definition) is 0. The molecule has 1 nitrogen and oxygen atoms in total. The second-order valence-corrected chi connectivity index (χ2v) is 3.56. The number of ketones is 1. The molecule has 1 aromatic heterocycles. The van der Waals surface area contributed by atoms with Gasteiger partial charge in [-0.3, -0.25) is 4.79 Å². The van der Waals surface area contributed by atoms with Gasteiger partial charge >= 0.3 is 0 Å². The van der Waals surface area contributed by atoms with Gasteiger partial charge in [-0.1, -0.05) is 0 Å². The lowest BCUT2D eigenvalue weighted by atomic mass is 10.2. The zero-order valence-corrected chi connectivity index (χ0v) is 6.99. The Labute approximate surface area is 64.7 Å². The van der Waals surface area contributed by atoms with Crippen molar-refractivity contribution in [3.8, 4) is 0 Å². The van der Waals surface area contributed by atoms with E-state index in [9.17, 15) is 4.79 Å². The molecule has 0 N–H and O–H groups in total. The molecule has 10 heavy (non-hydrogen) atoms. The van der Waals surface area contributed by atoms with E-state index in [2.05, 4.69) is 6.07 Å². The zero-order chi connectivity index (χ0) is 7.56. The topological polar surface area (TPSA) is 17.1 Å². The van der Waals surface area contributed by atoms with Gasteiger partial charge in [-0.2, -0.15) is 0 Å². The molecule has 0 unspecified atom stereocenters. The molecule has 0 saturated carbocycles. The van der Waals surface area contributed by atoms with Crippen molar-refractivity contribution in [2.24, 2.45) is 0 Å². The second-order valence-electron chi connectivity index (χ2n) is 2.44. The first kappa shape index (κ1) is 7.48. The largest absolute Gasteiger partial charge is 0.300 e. The van der Waals surface area contributed by atoms with Crippen molar-refractivity contribution < 1.29 is 4.79 Å². The Bertz CT molecular complexity index is 237. The fourth-order valence-corrected chi connectivity index (χ4v) is 1.59. The summed E-state index contributed by atoms with van der Waals surface area (Å²) in [4.78, 5) is 11.9. The van der Waals surface area contributed by atoms with Crippen molar-refractivity contribution in [3.05, 3.63) is 21.9 Å². The predicted octanol–water partition coefficient (Wildman–Crippen LogP) is 2.19. The molecular formula is C8H10OS. The zero-order valence-electron chi connectivity index (χ0n) is 6.18. The Morgan fingerprint density at radius 3 is 2.80 bits per heavy atom. The van der Waals surface area contributed by atoms with Crippen LogP contribution in [0.4, 0.5) is 0 Å². The normalized spacial score (nSPS) is 9.80. The van der Waals surface area contributed by atoms with Crippen LogP contribution in [0.25, 0.3) is 0 Å². The highest BCUT2D eigenvalue weighted by molar-refractivity contribution is 7.10. The monoisotopic (exact) mass is 154 g/mol. The number of rotatable bonds is 2. The Morgan fingerprint density at radius 2 is 2.40 bits per heavy atom. The SMILES string of the molecule is CC(=O)Cc1csc(C)c1. The van der Waals surface area contributed by atoms with Gasteiger partial charge in [-0.15, -0.1) is 11.3 Å². The van der Waals surface area contributed by atoms with Crippen LogP contribution in [0.2, 0.25) is 0 Å². The maximum absolute atomic E-state index is 10.6. The van der Waals surface area contributed by atoms with Gasteiger partial charge in [0.2, 0.25) is 0 Å². The lowest BCUT2D eigenvalue weighted by Crippen LogP contribution is -1.93. The van der Waals surface area contributed by atoms with Crippen molar-refractivity contribution in [2.75, 3.05) is 0 Å². The van der Waals surface area contributed by atoms with Gasteiger partial charge in [0.15, 0.2) is 0 Å². The minimum absolute atomic E-state index is 0.234. The quantitative estimate of drug-likeness (QED) is 0.638. The molecule has 54 valence electrons. The number of hydrogen-bond acceptors (Lipinski definition) is 2. The third-order valence-corrected chi connectivity index (χ3v) is 2.15. The first-order valence-corrected chi connectivity index (χ1v) is 4.10. The molecule has 1 heterocycles. The van der Waals surface area contributed by atoms with Crippen LogP contribution in [0.15, 0.2) is 11.4 Å². The van der Waals surface area contributed by atoms with Gasteiger partial charge in [0.25, 0.3) is 0 Å². The maximum Gasteiger partial charge on any atom is 0.134 e. The molecule has 0 fully saturated rings. The van der Waals surface area contributed by atoms with Crippen LogP contribution < -0.4 is 0 Å². The maximum atomic E-state index is 10.6. The van der Waals surface area contributed by atoms with Gasteiger partial charge in [-0.05, 0) is 30.9 Å². The van der Waals surface area contributed by atoms with Crippen LogP contribution in [0, 0.1) is 6.92 Å². The Morgan fingerprint density at radius 1 is 1.70 bits per heavy atom. The van der Waals surface area contributed by atoms with E-state index in [1.54, 1.807) is 18.3 Å². The number of aryl methyl sites for hydroxylation is 1. The predicted molar refractivity (Wildman–Crippen MR) is 43.4 cm³/mol. The molecule has 1 rings (SSSR count).